The minimum absolute atomic E-state index is 0.106. The van der Waals surface area contributed by atoms with Crippen molar-refractivity contribution in [2.45, 2.75) is 35.5 Å². The smallest absolute Gasteiger partial charge is 0.294 e. The van der Waals surface area contributed by atoms with Crippen LogP contribution in [0.25, 0.3) is 38.3 Å². The number of benzene rings is 7. The SMILES string of the molecule is Cc1cc(-n2nc3ccc4c(SOOO)cc(S(=O)(=O)O)cc4c3n2)ccc1N=Nc1cc(C)c(N=Nc2c(SOOO)cc3cc(Nc4ccccc4)ccc3c2O)cc1C. The number of phenols is 1. The molecule has 314 valence electrons. The van der Waals surface area contributed by atoms with E-state index in [4.69, 9.17) is 14.8 Å². The fraction of sp³-hybridized carbons (Fsp3) is 0.0732. The first-order chi connectivity index (χ1) is 29.9. The van der Waals surface area contributed by atoms with Crippen LogP contribution in [0.2, 0.25) is 0 Å². The highest BCUT2D eigenvalue weighted by atomic mass is 32.2. The van der Waals surface area contributed by atoms with Crippen LogP contribution in [0.3, 0.4) is 0 Å². The maximum absolute atomic E-state index is 12.1. The second-order valence-corrected chi connectivity index (χ2v) is 16.6. The molecule has 0 atom stereocenters. The highest BCUT2D eigenvalue weighted by Crippen LogP contribution is 2.45. The van der Waals surface area contributed by atoms with Gasteiger partial charge in [-0.05, 0) is 128 Å². The summed E-state index contributed by atoms with van der Waals surface area (Å²) in [4.78, 5) is 1.55. The summed E-state index contributed by atoms with van der Waals surface area (Å²) < 4.78 is 43.2. The lowest BCUT2D eigenvalue weighted by molar-refractivity contribution is -0.432. The van der Waals surface area contributed by atoms with Gasteiger partial charge in [0.1, 0.15) is 16.7 Å². The van der Waals surface area contributed by atoms with E-state index < -0.39 is 15.0 Å². The van der Waals surface area contributed by atoms with Gasteiger partial charge < -0.3 is 10.4 Å². The van der Waals surface area contributed by atoms with E-state index in [1.165, 1.54) is 16.9 Å². The number of anilines is 2. The van der Waals surface area contributed by atoms with E-state index in [0.717, 1.165) is 28.1 Å². The number of aromatic nitrogens is 3. The van der Waals surface area contributed by atoms with Crippen molar-refractivity contribution in [2.24, 2.45) is 20.5 Å². The first kappa shape index (κ1) is 42.3. The Kier molecular flexibility index (Phi) is 12.2. The molecule has 0 fully saturated rings. The van der Waals surface area contributed by atoms with Crippen LogP contribution in [0, 0.1) is 20.8 Å². The van der Waals surface area contributed by atoms with E-state index in [1.54, 1.807) is 42.5 Å². The van der Waals surface area contributed by atoms with Gasteiger partial charge in [0.15, 0.2) is 5.75 Å². The van der Waals surface area contributed by atoms with Crippen molar-refractivity contribution in [1.82, 2.24) is 15.0 Å². The Hall–Kier alpha value is -6.37. The molecule has 0 spiro atoms. The molecular formula is C41H32N8O10S3. The Bertz CT molecular complexity index is 3190. The zero-order chi connectivity index (χ0) is 43.5. The standard InChI is InChI=1S/C41H32N8O10S3/c1-22-15-28(49-47-34-14-12-31-32(39(34)48-49)20-29(62(53,54)55)21-37(31)60-58-56-51)10-13-33(22)43-44-35-16-24(3)36(17-23(35)2)45-46-40-38(61-59-57-52)19-25-18-27(9-11-30(25)41(40)50)42-26-7-5-4-6-8-26/h4-21,42,50-52H,1-3H3,(H,53,54,55). The Morgan fingerprint density at radius 3 is 2.00 bits per heavy atom. The summed E-state index contributed by atoms with van der Waals surface area (Å²) in [6, 6.07) is 31.7. The van der Waals surface area contributed by atoms with Gasteiger partial charge in [-0.2, -0.15) is 28.6 Å². The largest absolute Gasteiger partial charge is 0.505 e. The van der Waals surface area contributed by atoms with Gasteiger partial charge in [0.05, 0.1) is 56.6 Å². The highest BCUT2D eigenvalue weighted by molar-refractivity contribution is 7.95. The molecule has 0 aliphatic heterocycles. The minimum atomic E-state index is -4.61. The Labute approximate surface area is 360 Å². The van der Waals surface area contributed by atoms with Crippen LogP contribution in [-0.4, -0.2) is 43.6 Å². The number of nitrogens with zero attached hydrogens (tertiary/aromatic N) is 7. The van der Waals surface area contributed by atoms with E-state index >= 15 is 0 Å². The van der Waals surface area contributed by atoms with Crippen molar-refractivity contribution in [3.8, 4) is 11.4 Å². The third-order valence-electron chi connectivity index (χ3n) is 9.59. The van der Waals surface area contributed by atoms with Gasteiger partial charge in [0.25, 0.3) is 10.1 Å². The first-order valence-corrected chi connectivity index (χ1v) is 21.1. The van der Waals surface area contributed by atoms with E-state index in [2.05, 4.69) is 50.4 Å². The lowest BCUT2D eigenvalue weighted by Crippen LogP contribution is -1.99. The van der Waals surface area contributed by atoms with Gasteiger partial charge in [-0.3, -0.25) is 4.55 Å². The topological polar surface area (TPSA) is 244 Å². The molecule has 0 saturated heterocycles. The molecule has 0 bridgehead atoms. The number of rotatable bonds is 14. The van der Waals surface area contributed by atoms with Crippen LogP contribution < -0.4 is 5.32 Å². The van der Waals surface area contributed by atoms with Crippen molar-refractivity contribution in [3.63, 3.8) is 0 Å². The lowest BCUT2D eigenvalue weighted by Gasteiger charge is -2.12. The third-order valence-corrected chi connectivity index (χ3v) is 11.7. The van der Waals surface area contributed by atoms with Gasteiger partial charge in [-0.25, -0.2) is 10.5 Å². The van der Waals surface area contributed by atoms with Gasteiger partial charge in [0.2, 0.25) is 0 Å². The van der Waals surface area contributed by atoms with E-state index in [9.17, 15) is 18.1 Å². The molecule has 7 aromatic carbocycles. The number of fused-ring (bicyclic) bond motifs is 4. The molecule has 0 saturated carbocycles. The maximum Gasteiger partial charge on any atom is 0.294 e. The lowest BCUT2D eigenvalue weighted by atomic mass is 10.1. The summed E-state index contributed by atoms with van der Waals surface area (Å²) in [6.45, 7) is 5.56. The number of hydrogen-bond acceptors (Lipinski definition) is 18. The summed E-state index contributed by atoms with van der Waals surface area (Å²) in [5, 5.41) is 68.9. The molecule has 0 amide bonds. The molecule has 1 heterocycles. The Morgan fingerprint density at radius 2 is 1.31 bits per heavy atom. The summed E-state index contributed by atoms with van der Waals surface area (Å²) in [7, 11) is -4.61. The van der Waals surface area contributed by atoms with Crippen molar-refractivity contribution in [1.29, 1.82) is 0 Å². The Morgan fingerprint density at radius 1 is 0.645 bits per heavy atom. The van der Waals surface area contributed by atoms with Gasteiger partial charge in [-0.15, -0.1) is 24.0 Å². The molecule has 21 heteroatoms. The molecule has 1 aromatic heterocycles. The van der Waals surface area contributed by atoms with Crippen molar-refractivity contribution >= 4 is 101 Å². The van der Waals surface area contributed by atoms with Crippen LogP contribution >= 0.6 is 24.1 Å². The average Bonchev–Trinajstić information content (AvgIpc) is 3.70. The highest BCUT2D eigenvalue weighted by Gasteiger charge is 2.20. The number of nitrogens with one attached hydrogen (secondary N) is 1. The predicted molar refractivity (Wildman–Crippen MR) is 232 cm³/mol. The average molecular weight is 893 g/mol. The summed E-state index contributed by atoms with van der Waals surface area (Å²) in [5.41, 5.74) is 7.10. The van der Waals surface area contributed by atoms with Crippen molar-refractivity contribution in [2.75, 3.05) is 5.32 Å². The quantitative estimate of drug-likeness (QED) is 0.0224. The fourth-order valence-corrected chi connectivity index (χ4v) is 8.21. The van der Waals surface area contributed by atoms with Gasteiger partial charge in [-0.1, -0.05) is 34.3 Å². The zero-order valence-electron chi connectivity index (χ0n) is 32.5. The molecule has 18 nitrogen and oxygen atoms in total. The number of para-hydroxylation sites is 1. The number of aryl methyl sites for hydroxylation is 3. The molecular weight excluding hydrogens is 861 g/mol. The number of phenolic OH excluding ortho intramolecular Hbond substituents is 1. The van der Waals surface area contributed by atoms with E-state index in [0.29, 0.717) is 84.3 Å². The third kappa shape index (κ3) is 8.98. The molecule has 0 unspecified atom stereocenters. The van der Waals surface area contributed by atoms with Crippen LogP contribution in [0.15, 0.2) is 144 Å². The molecule has 8 aromatic rings. The second kappa shape index (κ2) is 17.9. The van der Waals surface area contributed by atoms with Crippen molar-refractivity contribution in [3.05, 3.63) is 126 Å². The molecule has 8 rings (SSSR count). The van der Waals surface area contributed by atoms with Crippen LogP contribution in [0.1, 0.15) is 16.7 Å². The van der Waals surface area contributed by atoms with Crippen LogP contribution in [0.5, 0.6) is 5.75 Å². The normalized spacial score (nSPS) is 12.2. The summed E-state index contributed by atoms with van der Waals surface area (Å²) in [5.74, 6) is -0.142. The number of hydrogen-bond donors (Lipinski definition) is 5. The maximum atomic E-state index is 12.1. The minimum Gasteiger partial charge on any atom is -0.505 e. The molecule has 0 aliphatic rings. The van der Waals surface area contributed by atoms with Gasteiger partial charge in [0, 0.05) is 32.4 Å². The first-order valence-electron chi connectivity index (χ1n) is 18.2. The molecule has 5 N–H and O–H groups in total. The number of aromatic hydroxyl groups is 1. The number of azo groups is 2. The van der Waals surface area contributed by atoms with E-state index in [1.807, 2.05) is 75.4 Å². The fourth-order valence-electron chi connectivity index (χ4n) is 6.56. The monoisotopic (exact) mass is 892 g/mol. The van der Waals surface area contributed by atoms with Crippen LogP contribution in [0.4, 0.5) is 34.1 Å². The predicted octanol–water partition coefficient (Wildman–Crippen LogP) is 12.0. The summed E-state index contributed by atoms with van der Waals surface area (Å²) >= 11 is 1.21. The van der Waals surface area contributed by atoms with Crippen LogP contribution in [-0.2, 0) is 28.9 Å². The zero-order valence-corrected chi connectivity index (χ0v) is 34.9. The van der Waals surface area contributed by atoms with E-state index in [-0.39, 0.29) is 16.3 Å². The second-order valence-electron chi connectivity index (χ2n) is 13.7. The Balaban J connectivity index is 1.04. The summed E-state index contributed by atoms with van der Waals surface area (Å²) in [6.07, 6.45) is 0. The van der Waals surface area contributed by atoms with Gasteiger partial charge >= 0.3 is 0 Å². The molecule has 0 radical (unpaired) electrons. The molecule has 62 heavy (non-hydrogen) atoms. The van der Waals surface area contributed by atoms with Crippen molar-refractivity contribution < 1.29 is 47.3 Å². The molecule has 0 aliphatic carbocycles.